The quantitative estimate of drug-likeness (QED) is 0.341. The molecular formula is C25H33N7O4S2. The zero-order valence-electron chi connectivity index (χ0n) is 21.8. The molecule has 0 bridgehead atoms. The molecule has 13 heteroatoms. The summed E-state index contributed by atoms with van der Waals surface area (Å²) in [5, 5.41) is 2.93. The van der Waals surface area contributed by atoms with Gasteiger partial charge in [-0.15, -0.1) is 11.3 Å². The molecule has 1 aliphatic carbocycles. The summed E-state index contributed by atoms with van der Waals surface area (Å²) in [4.78, 5) is 33.2. The number of sulfonamides is 1. The Morgan fingerprint density at radius 3 is 2.74 bits per heavy atom. The fourth-order valence-corrected chi connectivity index (χ4v) is 6.58. The molecule has 204 valence electrons. The number of aromatic nitrogens is 4. The smallest absolute Gasteiger partial charge is 0.280 e. The average molecular weight is 560 g/mol. The van der Waals surface area contributed by atoms with E-state index in [1.807, 2.05) is 25.9 Å². The molecule has 0 unspecified atom stereocenters. The molecule has 1 atom stereocenters. The number of nitrogens with one attached hydrogen (secondary N) is 2. The highest BCUT2D eigenvalue weighted by Crippen LogP contribution is 2.28. The van der Waals surface area contributed by atoms with E-state index in [0.29, 0.717) is 60.2 Å². The topological polar surface area (TPSA) is 139 Å². The average Bonchev–Trinajstić information content (AvgIpc) is 3.60. The van der Waals surface area contributed by atoms with Crippen LogP contribution in [0.15, 0.2) is 36.9 Å². The van der Waals surface area contributed by atoms with Crippen LogP contribution in [0.25, 0.3) is 10.6 Å². The Hall–Kier alpha value is -3.16. The lowest BCUT2D eigenvalue weighted by molar-refractivity contribution is 0.0931. The maximum atomic E-state index is 13.2. The number of nitrogens with zero attached hydrogens (tertiary/aromatic N) is 5. The normalized spacial score (nSPS) is 14.9. The summed E-state index contributed by atoms with van der Waals surface area (Å²) in [6.45, 7) is 3.03. The molecule has 0 radical (unpaired) electrons. The Morgan fingerprint density at radius 2 is 2.00 bits per heavy atom. The first-order valence-corrected chi connectivity index (χ1v) is 15.0. The Balaban J connectivity index is 1.51. The first-order valence-electron chi connectivity index (χ1n) is 12.6. The standard InChI is InChI=1S/C25H33N7O4S2/c1-4-36-23-16-26-14-21(29-23)22-15-28-25(37-22)24(33)30-19(10-12-32(2)3)20-13-17(9-11-27-20)31-38(34,35)18-7-5-6-8-18/h9,11,13-16,18-19H,4-8,10,12H2,1-3H3,(H,27,31)(H,30,33)/t19-/m1/s1. The zero-order chi connectivity index (χ0) is 27.1. The highest BCUT2D eigenvalue weighted by atomic mass is 32.2. The summed E-state index contributed by atoms with van der Waals surface area (Å²) < 4.78 is 33.7. The van der Waals surface area contributed by atoms with Crippen molar-refractivity contribution in [1.82, 2.24) is 30.2 Å². The molecule has 11 nitrogen and oxygen atoms in total. The lowest BCUT2D eigenvalue weighted by Crippen LogP contribution is -2.31. The first kappa shape index (κ1) is 27.9. The van der Waals surface area contributed by atoms with Crippen LogP contribution in [0.1, 0.15) is 60.6 Å². The van der Waals surface area contributed by atoms with Crippen molar-refractivity contribution < 1.29 is 17.9 Å². The van der Waals surface area contributed by atoms with Crippen LogP contribution in [0.5, 0.6) is 5.88 Å². The number of pyridine rings is 1. The Labute approximate surface area is 227 Å². The third kappa shape index (κ3) is 7.23. The van der Waals surface area contributed by atoms with E-state index < -0.39 is 16.1 Å². The van der Waals surface area contributed by atoms with E-state index in [2.05, 4.69) is 30.0 Å². The minimum Gasteiger partial charge on any atom is -0.477 e. The van der Waals surface area contributed by atoms with Crippen molar-refractivity contribution in [3.63, 3.8) is 0 Å². The van der Waals surface area contributed by atoms with Crippen molar-refractivity contribution in [3.8, 4) is 16.5 Å². The van der Waals surface area contributed by atoms with Crippen LogP contribution in [0, 0.1) is 0 Å². The molecule has 4 rings (SSSR count). The predicted molar refractivity (Wildman–Crippen MR) is 147 cm³/mol. The SMILES string of the molecule is CCOc1cncc(-c2cnc(C(=O)N[C@H](CCN(C)C)c3cc(NS(=O)(=O)C4CCCC4)ccn3)s2)n1. The summed E-state index contributed by atoms with van der Waals surface area (Å²) in [6.07, 6.45) is 10.0. The monoisotopic (exact) mass is 559 g/mol. The third-order valence-corrected chi connectivity index (χ3v) is 9.05. The summed E-state index contributed by atoms with van der Waals surface area (Å²) in [5.41, 5.74) is 1.58. The van der Waals surface area contributed by atoms with Crippen LogP contribution in [-0.4, -0.2) is 71.7 Å². The molecule has 38 heavy (non-hydrogen) atoms. The second-order valence-corrected chi connectivity index (χ2v) is 12.3. The van der Waals surface area contributed by atoms with E-state index in [1.165, 1.54) is 17.5 Å². The summed E-state index contributed by atoms with van der Waals surface area (Å²) in [5.74, 6) is 0.0559. The molecule has 1 fully saturated rings. The van der Waals surface area contributed by atoms with E-state index in [4.69, 9.17) is 4.74 Å². The van der Waals surface area contributed by atoms with Gasteiger partial charge in [-0.2, -0.15) is 0 Å². The van der Waals surface area contributed by atoms with Crippen LogP contribution < -0.4 is 14.8 Å². The number of carbonyl (C=O) groups is 1. The zero-order valence-corrected chi connectivity index (χ0v) is 23.4. The Bertz CT molecular complexity index is 1340. The third-order valence-electron chi connectivity index (χ3n) is 6.17. The first-order chi connectivity index (χ1) is 18.2. The number of hydrogen-bond acceptors (Lipinski definition) is 10. The lowest BCUT2D eigenvalue weighted by Gasteiger charge is -2.21. The molecule has 3 heterocycles. The van der Waals surface area contributed by atoms with Crippen molar-refractivity contribution in [1.29, 1.82) is 0 Å². The Morgan fingerprint density at radius 1 is 1.21 bits per heavy atom. The van der Waals surface area contributed by atoms with Crippen molar-refractivity contribution in [2.75, 3.05) is 32.0 Å². The number of rotatable bonds is 12. The van der Waals surface area contributed by atoms with Crippen LogP contribution in [0.4, 0.5) is 5.69 Å². The van der Waals surface area contributed by atoms with Gasteiger partial charge in [0.05, 0.1) is 46.6 Å². The highest BCUT2D eigenvalue weighted by Gasteiger charge is 2.29. The summed E-state index contributed by atoms with van der Waals surface area (Å²) >= 11 is 1.20. The Kier molecular flexibility index (Phi) is 9.23. The lowest BCUT2D eigenvalue weighted by atomic mass is 10.1. The molecule has 0 aliphatic heterocycles. The maximum Gasteiger partial charge on any atom is 0.280 e. The molecule has 1 amide bonds. The van der Waals surface area contributed by atoms with E-state index in [1.54, 1.807) is 30.7 Å². The van der Waals surface area contributed by atoms with Gasteiger partial charge in [0.1, 0.15) is 5.69 Å². The van der Waals surface area contributed by atoms with E-state index in [9.17, 15) is 13.2 Å². The van der Waals surface area contributed by atoms with Crippen LogP contribution >= 0.6 is 11.3 Å². The molecule has 1 aliphatic rings. The number of carbonyl (C=O) groups excluding carboxylic acids is 1. The van der Waals surface area contributed by atoms with E-state index in [-0.39, 0.29) is 16.2 Å². The van der Waals surface area contributed by atoms with Gasteiger partial charge < -0.3 is 15.0 Å². The molecule has 2 N–H and O–H groups in total. The predicted octanol–water partition coefficient (Wildman–Crippen LogP) is 3.50. The molecule has 0 aromatic carbocycles. The fourth-order valence-electron chi connectivity index (χ4n) is 4.23. The summed E-state index contributed by atoms with van der Waals surface area (Å²) in [6, 6.07) is 2.87. The van der Waals surface area contributed by atoms with Gasteiger partial charge >= 0.3 is 0 Å². The van der Waals surface area contributed by atoms with Gasteiger partial charge in [0, 0.05) is 12.4 Å². The molecule has 3 aromatic heterocycles. The maximum absolute atomic E-state index is 13.2. The molecule has 0 saturated heterocycles. The van der Waals surface area contributed by atoms with Crippen molar-refractivity contribution in [3.05, 3.63) is 47.6 Å². The van der Waals surface area contributed by atoms with Gasteiger partial charge in [0.2, 0.25) is 15.9 Å². The van der Waals surface area contributed by atoms with Crippen LogP contribution in [0.2, 0.25) is 0 Å². The van der Waals surface area contributed by atoms with Gasteiger partial charge in [-0.05, 0) is 59.0 Å². The minimum atomic E-state index is -3.48. The van der Waals surface area contributed by atoms with Crippen LogP contribution in [-0.2, 0) is 10.0 Å². The molecule has 3 aromatic rings. The largest absolute Gasteiger partial charge is 0.477 e. The van der Waals surface area contributed by atoms with E-state index in [0.717, 1.165) is 12.8 Å². The minimum absolute atomic E-state index is 0.275. The fraction of sp³-hybridized carbons (Fsp3) is 0.480. The van der Waals surface area contributed by atoms with Gasteiger partial charge in [-0.3, -0.25) is 19.5 Å². The van der Waals surface area contributed by atoms with Gasteiger partial charge in [0.25, 0.3) is 5.91 Å². The van der Waals surface area contributed by atoms with Crippen LogP contribution in [0.3, 0.4) is 0 Å². The number of amides is 1. The number of hydrogen-bond donors (Lipinski definition) is 2. The van der Waals surface area contributed by atoms with Gasteiger partial charge in [-0.25, -0.2) is 18.4 Å². The number of thiazole rings is 1. The molecule has 0 spiro atoms. The number of anilines is 1. The van der Waals surface area contributed by atoms with Gasteiger partial charge in [-0.1, -0.05) is 12.8 Å². The second kappa shape index (κ2) is 12.6. The molecular weight excluding hydrogens is 526 g/mol. The van der Waals surface area contributed by atoms with Crippen molar-refractivity contribution in [2.45, 2.75) is 50.3 Å². The molecule has 1 saturated carbocycles. The highest BCUT2D eigenvalue weighted by molar-refractivity contribution is 7.93. The summed E-state index contributed by atoms with van der Waals surface area (Å²) in [7, 11) is 0.415. The van der Waals surface area contributed by atoms with Crippen molar-refractivity contribution >= 4 is 33.0 Å². The van der Waals surface area contributed by atoms with Crippen molar-refractivity contribution in [2.24, 2.45) is 0 Å². The van der Waals surface area contributed by atoms with Gasteiger partial charge in [0.15, 0.2) is 5.01 Å². The number of ether oxygens (including phenoxy) is 1. The van der Waals surface area contributed by atoms with E-state index >= 15 is 0 Å². The second-order valence-electron chi connectivity index (χ2n) is 9.35.